The van der Waals surface area contributed by atoms with Crippen LogP contribution in [-0.4, -0.2) is 37.4 Å². The first-order valence-corrected chi connectivity index (χ1v) is 7.73. The van der Waals surface area contributed by atoms with Crippen LogP contribution in [0.25, 0.3) is 0 Å². The van der Waals surface area contributed by atoms with Crippen LogP contribution in [0.3, 0.4) is 0 Å². The minimum atomic E-state index is -4.63. The van der Waals surface area contributed by atoms with Gasteiger partial charge in [0, 0.05) is 12.6 Å². The van der Waals surface area contributed by atoms with Gasteiger partial charge in [0.2, 0.25) is 0 Å². The number of alkyl halides is 3. The molecule has 2 fully saturated rings. The minimum absolute atomic E-state index is 0. The van der Waals surface area contributed by atoms with Gasteiger partial charge in [-0.05, 0) is 62.5 Å². The van der Waals surface area contributed by atoms with Gasteiger partial charge in [-0.1, -0.05) is 12.1 Å². The highest BCUT2D eigenvalue weighted by Gasteiger charge is 2.34. The van der Waals surface area contributed by atoms with Crippen LogP contribution >= 0.6 is 12.4 Å². The first-order valence-electron chi connectivity index (χ1n) is 7.73. The quantitative estimate of drug-likeness (QED) is 0.901. The van der Waals surface area contributed by atoms with Gasteiger partial charge in [-0.2, -0.15) is 0 Å². The van der Waals surface area contributed by atoms with Crippen molar-refractivity contribution in [2.75, 3.05) is 26.2 Å². The fourth-order valence-electron chi connectivity index (χ4n) is 3.57. The lowest BCUT2D eigenvalue weighted by atomic mass is 9.87. The third-order valence-corrected chi connectivity index (χ3v) is 4.88. The molecule has 2 saturated heterocycles. The molecule has 1 N–H and O–H groups in total. The van der Waals surface area contributed by atoms with E-state index in [1.165, 1.54) is 18.6 Å². The number of nitrogens with one attached hydrogen (secondary N) is 1. The van der Waals surface area contributed by atoms with E-state index in [0.717, 1.165) is 37.7 Å². The van der Waals surface area contributed by atoms with E-state index in [2.05, 4.69) is 21.9 Å². The second-order valence-electron chi connectivity index (χ2n) is 6.25. The molecular formula is C16H22ClF3N2O. The molecule has 2 aliphatic heterocycles. The SMILES string of the molecule is CC(c1ccc(OC(F)(F)F)cc1)N1CCC2CNCC2C1.Cl. The van der Waals surface area contributed by atoms with Gasteiger partial charge in [0.25, 0.3) is 0 Å². The highest BCUT2D eigenvalue weighted by atomic mass is 35.5. The zero-order valence-electron chi connectivity index (χ0n) is 13.0. The van der Waals surface area contributed by atoms with Gasteiger partial charge in [0.15, 0.2) is 0 Å². The van der Waals surface area contributed by atoms with Crippen molar-refractivity contribution < 1.29 is 17.9 Å². The summed E-state index contributed by atoms with van der Waals surface area (Å²) in [6.45, 7) is 6.41. The van der Waals surface area contributed by atoms with Gasteiger partial charge in [-0.15, -0.1) is 25.6 Å². The van der Waals surface area contributed by atoms with Crippen LogP contribution in [0.15, 0.2) is 24.3 Å². The molecule has 0 spiro atoms. The molecule has 1 aromatic carbocycles. The van der Waals surface area contributed by atoms with Gasteiger partial charge in [-0.3, -0.25) is 4.90 Å². The standard InChI is InChI=1S/C16H21F3N2O.ClH/c1-11(21-7-6-13-8-20-9-14(13)10-21)12-2-4-15(5-3-12)22-16(17,18)19;/h2-5,11,13-14,20H,6-10H2,1H3;1H. The molecule has 0 radical (unpaired) electrons. The summed E-state index contributed by atoms with van der Waals surface area (Å²) in [6, 6.07) is 6.45. The van der Waals surface area contributed by atoms with Gasteiger partial charge >= 0.3 is 6.36 Å². The van der Waals surface area contributed by atoms with Crippen molar-refractivity contribution in [3.63, 3.8) is 0 Å². The van der Waals surface area contributed by atoms with Crippen molar-refractivity contribution in [2.24, 2.45) is 11.8 Å². The number of likely N-dealkylation sites (tertiary alicyclic amines) is 1. The van der Waals surface area contributed by atoms with Crippen LogP contribution in [0.2, 0.25) is 0 Å². The van der Waals surface area contributed by atoms with Gasteiger partial charge in [0.1, 0.15) is 5.75 Å². The topological polar surface area (TPSA) is 24.5 Å². The molecule has 0 saturated carbocycles. The Bertz CT molecular complexity index is 509. The predicted molar refractivity (Wildman–Crippen MR) is 84.8 cm³/mol. The zero-order valence-corrected chi connectivity index (χ0v) is 13.8. The predicted octanol–water partition coefficient (Wildman–Crippen LogP) is 3.61. The summed E-state index contributed by atoms with van der Waals surface area (Å²) in [5.74, 6) is 1.32. The fourth-order valence-corrected chi connectivity index (χ4v) is 3.57. The van der Waals surface area contributed by atoms with Crippen molar-refractivity contribution in [3.8, 4) is 5.75 Å². The number of piperidine rings is 1. The zero-order chi connectivity index (χ0) is 15.7. The first kappa shape index (κ1) is 18.4. The van der Waals surface area contributed by atoms with Crippen molar-refractivity contribution in [1.29, 1.82) is 0 Å². The van der Waals surface area contributed by atoms with E-state index in [-0.39, 0.29) is 24.2 Å². The number of hydrogen-bond donors (Lipinski definition) is 1. The molecule has 2 aliphatic rings. The molecule has 0 aliphatic carbocycles. The van der Waals surface area contributed by atoms with Crippen LogP contribution in [0.4, 0.5) is 13.2 Å². The minimum Gasteiger partial charge on any atom is -0.406 e. The molecule has 0 amide bonds. The lowest BCUT2D eigenvalue weighted by Gasteiger charge is -2.38. The summed E-state index contributed by atoms with van der Waals surface area (Å²) in [5, 5.41) is 3.44. The van der Waals surface area contributed by atoms with Crippen LogP contribution < -0.4 is 10.1 Å². The second kappa shape index (κ2) is 7.28. The summed E-state index contributed by atoms with van der Waals surface area (Å²) in [7, 11) is 0. The van der Waals surface area contributed by atoms with E-state index < -0.39 is 6.36 Å². The Morgan fingerprint density at radius 2 is 1.83 bits per heavy atom. The number of fused-ring (bicyclic) bond motifs is 1. The molecule has 23 heavy (non-hydrogen) atoms. The lowest BCUT2D eigenvalue weighted by Crippen LogP contribution is -2.41. The molecule has 3 nitrogen and oxygen atoms in total. The highest BCUT2D eigenvalue weighted by Crippen LogP contribution is 2.32. The van der Waals surface area contributed by atoms with E-state index in [1.54, 1.807) is 12.1 Å². The number of halogens is 4. The Labute approximate surface area is 140 Å². The Balaban J connectivity index is 0.00000192. The molecule has 130 valence electrons. The van der Waals surface area contributed by atoms with E-state index in [4.69, 9.17) is 0 Å². The number of rotatable bonds is 3. The summed E-state index contributed by atoms with van der Waals surface area (Å²) < 4.78 is 40.5. The van der Waals surface area contributed by atoms with Crippen molar-refractivity contribution in [1.82, 2.24) is 10.2 Å². The Morgan fingerprint density at radius 3 is 2.48 bits per heavy atom. The Kier molecular flexibility index (Phi) is 5.81. The Morgan fingerprint density at radius 1 is 1.17 bits per heavy atom. The molecule has 1 aromatic rings. The molecule has 3 atom stereocenters. The number of benzene rings is 1. The highest BCUT2D eigenvalue weighted by molar-refractivity contribution is 5.85. The number of ether oxygens (including phenoxy) is 1. The van der Waals surface area contributed by atoms with Gasteiger partial charge in [-0.25, -0.2) is 0 Å². The van der Waals surface area contributed by atoms with Crippen molar-refractivity contribution in [3.05, 3.63) is 29.8 Å². The fraction of sp³-hybridized carbons (Fsp3) is 0.625. The third-order valence-electron chi connectivity index (χ3n) is 4.88. The maximum Gasteiger partial charge on any atom is 0.573 e. The van der Waals surface area contributed by atoms with Gasteiger partial charge < -0.3 is 10.1 Å². The maximum absolute atomic E-state index is 12.2. The van der Waals surface area contributed by atoms with E-state index in [1.807, 2.05) is 0 Å². The normalized spacial score (nSPS) is 26.3. The maximum atomic E-state index is 12.2. The van der Waals surface area contributed by atoms with Crippen LogP contribution in [-0.2, 0) is 0 Å². The third kappa shape index (κ3) is 4.52. The summed E-state index contributed by atoms with van der Waals surface area (Å²) in [6.07, 6.45) is -3.44. The molecule has 0 aromatic heterocycles. The number of nitrogens with zero attached hydrogens (tertiary/aromatic N) is 1. The van der Waals surface area contributed by atoms with E-state index in [9.17, 15) is 13.2 Å². The summed E-state index contributed by atoms with van der Waals surface area (Å²) in [4.78, 5) is 2.42. The summed E-state index contributed by atoms with van der Waals surface area (Å²) >= 11 is 0. The average molecular weight is 351 g/mol. The van der Waals surface area contributed by atoms with Crippen LogP contribution in [0, 0.1) is 11.8 Å². The molecule has 0 bridgehead atoms. The monoisotopic (exact) mass is 350 g/mol. The Hall–Kier alpha value is -0.980. The smallest absolute Gasteiger partial charge is 0.406 e. The van der Waals surface area contributed by atoms with E-state index in [0.29, 0.717) is 5.92 Å². The second-order valence-corrected chi connectivity index (χ2v) is 6.25. The largest absolute Gasteiger partial charge is 0.573 e. The van der Waals surface area contributed by atoms with Gasteiger partial charge in [0.05, 0.1) is 0 Å². The first-order chi connectivity index (χ1) is 10.4. The average Bonchev–Trinajstić information content (AvgIpc) is 2.93. The molecule has 3 unspecified atom stereocenters. The molecular weight excluding hydrogens is 329 g/mol. The van der Waals surface area contributed by atoms with Crippen molar-refractivity contribution >= 4 is 12.4 Å². The number of hydrogen-bond acceptors (Lipinski definition) is 3. The van der Waals surface area contributed by atoms with Crippen molar-refractivity contribution in [2.45, 2.75) is 25.7 Å². The lowest BCUT2D eigenvalue weighted by molar-refractivity contribution is -0.274. The molecule has 2 heterocycles. The molecule has 3 rings (SSSR count). The van der Waals surface area contributed by atoms with Crippen LogP contribution in [0.1, 0.15) is 24.9 Å². The summed E-state index contributed by atoms with van der Waals surface area (Å²) in [5.41, 5.74) is 1.03. The van der Waals surface area contributed by atoms with Crippen LogP contribution in [0.5, 0.6) is 5.75 Å². The molecule has 7 heteroatoms. The van der Waals surface area contributed by atoms with E-state index >= 15 is 0 Å².